The van der Waals surface area contributed by atoms with E-state index in [1.807, 2.05) is 55.5 Å². The average Bonchev–Trinajstić information content (AvgIpc) is 2.93. The molecule has 0 radical (unpaired) electrons. The van der Waals surface area contributed by atoms with E-state index in [9.17, 15) is 4.79 Å². The van der Waals surface area contributed by atoms with E-state index in [2.05, 4.69) is 35.1 Å². The molecule has 140 valence electrons. The molecule has 0 saturated carbocycles. The maximum absolute atomic E-state index is 12.1. The van der Waals surface area contributed by atoms with Gasteiger partial charge < -0.3 is 15.2 Å². The smallest absolute Gasteiger partial charge is 0.315 e. The van der Waals surface area contributed by atoms with Crippen LogP contribution in [0.15, 0.2) is 54.6 Å². The maximum Gasteiger partial charge on any atom is 0.315 e. The van der Waals surface area contributed by atoms with Crippen LogP contribution in [0.2, 0.25) is 5.02 Å². The minimum absolute atomic E-state index is 0.178. The van der Waals surface area contributed by atoms with Crippen LogP contribution < -0.4 is 10.6 Å². The van der Waals surface area contributed by atoms with E-state index in [4.69, 9.17) is 11.6 Å². The van der Waals surface area contributed by atoms with E-state index < -0.39 is 0 Å². The van der Waals surface area contributed by atoms with Crippen LogP contribution in [0.5, 0.6) is 0 Å². The minimum Gasteiger partial charge on any atom is -0.334 e. The van der Waals surface area contributed by atoms with Gasteiger partial charge >= 0.3 is 6.03 Å². The molecule has 0 spiro atoms. The van der Waals surface area contributed by atoms with Crippen molar-refractivity contribution in [1.29, 1.82) is 0 Å². The van der Waals surface area contributed by atoms with Crippen molar-refractivity contribution >= 4 is 17.6 Å². The SMILES string of the molecule is Cc1ccc(CNC(=O)NCc2cc(C)n(-c3cccc(Cl)c3)c2C)cc1. The Labute approximate surface area is 165 Å². The number of halogens is 1. The molecule has 1 aromatic heterocycles. The standard InChI is InChI=1S/C22H24ClN3O/c1-15-7-9-18(10-8-15)13-24-22(27)25-14-19-11-16(2)26(17(19)3)21-6-4-5-20(23)12-21/h4-12H,13-14H2,1-3H3,(H2,24,25,27). The summed E-state index contributed by atoms with van der Waals surface area (Å²) in [4.78, 5) is 12.1. The molecule has 0 aliphatic carbocycles. The fourth-order valence-corrected chi connectivity index (χ4v) is 3.33. The lowest BCUT2D eigenvalue weighted by atomic mass is 10.1. The first-order chi connectivity index (χ1) is 12.9. The van der Waals surface area contributed by atoms with Gasteiger partial charge in [0.2, 0.25) is 0 Å². The molecule has 0 bridgehead atoms. The zero-order chi connectivity index (χ0) is 19.4. The summed E-state index contributed by atoms with van der Waals surface area (Å²) in [5.41, 5.74) is 6.58. The molecule has 0 atom stereocenters. The summed E-state index contributed by atoms with van der Waals surface area (Å²) in [6, 6.07) is 17.8. The van der Waals surface area contributed by atoms with Gasteiger partial charge in [0, 0.05) is 35.2 Å². The summed E-state index contributed by atoms with van der Waals surface area (Å²) in [6.45, 7) is 7.13. The van der Waals surface area contributed by atoms with Gasteiger partial charge in [-0.15, -0.1) is 0 Å². The zero-order valence-corrected chi connectivity index (χ0v) is 16.6. The van der Waals surface area contributed by atoms with Crippen molar-refractivity contribution in [3.05, 3.63) is 87.7 Å². The zero-order valence-electron chi connectivity index (χ0n) is 15.8. The molecule has 0 saturated heterocycles. The highest BCUT2D eigenvalue weighted by Gasteiger charge is 2.12. The lowest BCUT2D eigenvalue weighted by Gasteiger charge is -2.11. The first-order valence-corrected chi connectivity index (χ1v) is 9.33. The Kier molecular flexibility index (Phi) is 5.87. The molecule has 27 heavy (non-hydrogen) atoms. The van der Waals surface area contributed by atoms with Crippen LogP contribution in [0.3, 0.4) is 0 Å². The number of hydrogen-bond donors (Lipinski definition) is 2. The number of aromatic nitrogens is 1. The highest BCUT2D eigenvalue weighted by molar-refractivity contribution is 6.30. The molecule has 5 heteroatoms. The topological polar surface area (TPSA) is 46.1 Å². The van der Waals surface area contributed by atoms with Crippen molar-refractivity contribution in [2.45, 2.75) is 33.9 Å². The van der Waals surface area contributed by atoms with Gasteiger partial charge in [-0.25, -0.2) is 4.79 Å². The van der Waals surface area contributed by atoms with E-state index in [1.54, 1.807) is 0 Å². The molecule has 0 aliphatic heterocycles. The first kappa shape index (κ1) is 19.1. The largest absolute Gasteiger partial charge is 0.334 e. The highest BCUT2D eigenvalue weighted by atomic mass is 35.5. The summed E-state index contributed by atoms with van der Waals surface area (Å²) >= 11 is 6.12. The van der Waals surface area contributed by atoms with Gasteiger partial charge in [0.15, 0.2) is 0 Å². The summed E-state index contributed by atoms with van der Waals surface area (Å²) in [5.74, 6) is 0. The molecule has 2 amide bonds. The third kappa shape index (κ3) is 4.72. The number of aryl methyl sites for hydroxylation is 2. The lowest BCUT2D eigenvalue weighted by molar-refractivity contribution is 0.240. The fourth-order valence-electron chi connectivity index (χ4n) is 3.15. The van der Waals surface area contributed by atoms with E-state index >= 15 is 0 Å². The fraction of sp³-hybridized carbons (Fsp3) is 0.227. The van der Waals surface area contributed by atoms with Crippen LogP contribution in [0.25, 0.3) is 5.69 Å². The molecular weight excluding hydrogens is 358 g/mol. The number of benzene rings is 2. The van der Waals surface area contributed by atoms with Crippen LogP contribution in [0.1, 0.15) is 28.1 Å². The number of urea groups is 1. The Bertz CT molecular complexity index is 945. The summed E-state index contributed by atoms with van der Waals surface area (Å²) in [7, 11) is 0. The van der Waals surface area contributed by atoms with Crippen molar-refractivity contribution in [2.24, 2.45) is 0 Å². The Morgan fingerprint density at radius 3 is 2.37 bits per heavy atom. The predicted octanol–water partition coefficient (Wildman–Crippen LogP) is 5.06. The van der Waals surface area contributed by atoms with E-state index in [-0.39, 0.29) is 6.03 Å². The van der Waals surface area contributed by atoms with Crippen LogP contribution in [0.4, 0.5) is 4.79 Å². The third-order valence-electron chi connectivity index (χ3n) is 4.62. The third-order valence-corrected chi connectivity index (χ3v) is 4.85. The molecule has 3 aromatic rings. The van der Waals surface area contributed by atoms with Gasteiger partial charge in [0.1, 0.15) is 0 Å². The second-order valence-corrected chi connectivity index (χ2v) is 7.17. The average molecular weight is 382 g/mol. The quantitative estimate of drug-likeness (QED) is 0.637. The number of hydrogen-bond acceptors (Lipinski definition) is 1. The number of carbonyl (C=O) groups excluding carboxylic acids is 1. The van der Waals surface area contributed by atoms with Gasteiger partial charge in [-0.05, 0) is 56.2 Å². The molecule has 0 aliphatic rings. The van der Waals surface area contributed by atoms with Crippen molar-refractivity contribution in [1.82, 2.24) is 15.2 Å². The maximum atomic E-state index is 12.1. The second kappa shape index (κ2) is 8.31. The van der Waals surface area contributed by atoms with E-state index in [0.29, 0.717) is 18.1 Å². The van der Waals surface area contributed by atoms with Crippen molar-refractivity contribution < 1.29 is 4.79 Å². The normalized spacial score (nSPS) is 10.7. The van der Waals surface area contributed by atoms with E-state index in [1.165, 1.54) is 5.56 Å². The number of nitrogens with zero attached hydrogens (tertiary/aromatic N) is 1. The van der Waals surface area contributed by atoms with Crippen molar-refractivity contribution in [3.63, 3.8) is 0 Å². The molecular formula is C22H24ClN3O. The van der Waals surface area contributed by atoms with Crippen LogP contribution in [-0.4, -0.2) is 10.6 Å². The van der Waals surface area contributed by atoms with Crippen LogP contribution >= 0.6 is 11.6 Å². The van der Waals surface area contributed by atoms with Crippen LogP contribution in [-0.2, 0) is 13.1 Å². The number of nitrogens with one attached hydrogen (secondary N) is 2. The molecule has 0 fully saturated rings. The van der Waals surface area contributed by atoms with E-state index in [0.717, 1.165) is 28.2 Å². The lowest BCUT2D eigenvalue weighted by Crippen LogP contribution is -2.34. The summed E-state index contributed by atoms with van der Waals surface area (Å²) < 4.78 is 2.15. The summed E-state index contributed by atoms with van der Waals surface area (Å²) in [5, 5.41) is 6.53. The molecule has 1 heterocycles. The second-order valence-electron chi connectivity index (χ2n) is 6.73. The van der Waals surface area contributed by atoms with Gasteiger partial charge in [-0.1, -0.05) is 47.5 Å². The Hall–Kier alpha value is -2.72. The van der Waals surface area contributed by atoms with Crippen molar-refractivity contribution in [2.75, 3.05) is 0 Å². The van der Waals surface area contributed by atoms with Gasteiger partial charge in [0.05, 0.1) is 0 Å². The Balaban J connectivity index is 1.62. The number of amides is 2. The number of rotatable bonds is 5. The molecule has 2 N–H and O–H groups in total. The van der Waals surface area contributed by atoms with Crippen molar-refractivity contribution in [3.8, 4) is 5.69 Å². The molecule has 0 unspecified atom stereocenters. The molecule has 2 aromatic carbocycles. The molecule has 3 rings (SSSR count). The van der Waals surface area contributed by atoms with Gasteiger partial charge in [-0.2, -0.15) is 0 Å². The monoisotopic (exact) mass is 381 g/mol. The Morgan fingerprint density at radius 1 is 0.963 bits per heavy atom. The highest BCUT2D eigenvalue weighted by Crippen LogP contribution is 2.22. The van der Waals surface area contributed by atoms with Gasteiger partial charge in [0.25, 0.3) is 0 Å². The first-order valence-electron chi connectivity index (χ1n) is 8.95. The van der Waals surface area contributed by atoms with Gasteiger partial charge in [-0.3, -0.25) is 0 Å². The minimum atomic E-state index is -0.178. The Morgan fingerprint density at radius 2 is 1.67 bits per heavy atom. The summed E-state index contributed by atoms with van der Waals surface area (Å²) in [6.07, 6.45) is 0. The molecule has 4 nitrogen and oxygen atoms in total. The number of carbonyl (C=O) groups is 1. The predicted molar refractivity (Wildman–Crippen MR) is 111 cm³/mol. The van der Waals surface area contributed by atoms with Crippen LogP contribution in [0, 0.1) is 20.8 Å².